The number of pyridine rings is 1. The van der Waals surface area contributed by atoms with Crippen molar-refractivity contribution in [2.24, 2.45) is 0 Å². The zero-order valence-corrected chi connectivity index (χ0v) is 15.7. The summed E-state index contributed by atoms with van der Waals surface area (Å²) in [5.41, 5.74) is 2.16. The molecule has 2 aromatic carbocycles. The number of halogens is 1. The molecule has 3 aromatic rings. The minimum Gasteiger partial charge on any atom is -0.486 e. The van der Waals surface area contributed by atoms with Crippen molar-refractivity contribution in [3.05, 3.63) is 76.9 Å². The van der Waals surface area contributed by atoms with Crippen molar-refractivity contribution in [2.75, 3.05) is 18.5 Å². The number of fused-ring (bicyclic) bond motifs is 1. The summed E-state index contributed by atoms with van der Waals surface area (Å²) < 4.78 is 11.1. The topological polar surface area (TPSA) is 72.5 Å². The van der Waals surface area contributed by atoms with Crippen LogP contribution in [0.2, 0.25) is 5.02 Å². The van der Waals surface area contributed by atoms with E-state index >= 15 is 0 Å². The lowest BCUT2D eigenvalue weighted by atomic mass is 10.2. The highest BCUT2D eigenvalue weighted by atomic mass is 35.5. The average Bonchev–Trinajstić information content (AvgIpc) is 2.73. The molecule has 7 heteroatoms. The smallest absolute Gasteiger partial charge is 0.253 e. The van der Waals surface area contributed by atoms with Gasteiger partial charge in [-0.1, -0.05) is 29.8 Å². The standard InChI is InChI=1S/C21H18ClN3O3/c22-17-4-2-1-3-14(17)12-24-21(26)15-5-8-20(23-13-15)25-16-6-7-18-19(11-16)28-10-9-27-18/h1-8,11,13H,9-10,12H2,(H,23,25)(H,24,26). The van der Waals surface area contributed by atoms with E-state index in [9.17, 15) is 4.79 Å². The lowest BCUT2D eigenvalue weighted by molar-refractivity contribution is 0.0950. The molecule has 2 N–H and O–H groups in total. The number of nitrogens with one attached hydrogen (secondary N) is 2. The van der Waals surface area contributed by atoms with E-state index < -0.39 is 0 Å². The number of carbonyl (C=O) groups is 1. The molecule has 142 valence electrons. The van der Waals surface area contributed by atoms with Crippen molar-refractivity contribution >= 4 is 29.0 Å². The van der Waals surface area contributed by atoms with E-state index in [-0.39, 0.29) is 5.91 Å². The Bertz CT molecular complexity index is 992. The Labute approximate surface area is 167 Å². The summed E-state index contributed by atoms with van der Waals surface area (Å²) in [6.07, 6.45) is 1.53. The van der Waals surface area contributed by atoms with E-state index in [2.05, 4.69) is 15.6 Å². The zero-order chi connectivity index (χ0) is 19.3. The van der Waals surface area contributed by atoms with Crippen molar-refractivity contribution in [2.45, 2.75) is 6.54 Å². The first-order valence-corrected chi connectivity index (χ1v) is 9.21. The largest absolute Gasteiger partial charge is 0.486 e. The summed E-state index contributed by atoms with van der Waals surface area (Å²) in [5, 5.41) is 6.66. The van der Waals surface area contributed by atoms with Crippen molar-refractivity contribution in [3.8, 4) is 11.5 Å². The third kappa shape index (κ3) is 4.18. The van der Waals surface area contributed by atoms with Crippen LogP contribution in [0.4, 0.5) is 11.5 Å². The Morgan fingerprint density at radius 1 is 1.04 bits per heavy atom. The molecule has 0 saturated carbocycles. The molecule has 0 atom stereocenters. The van der Waals surface area contributed by atoms with Crippen LogP contribution in [0.15, 0.2) is 60.8 Å². The first-order valence-electron chi connectivity index (χ1n) is 8.83. The highest BCUT2D eigenvalue weighted by molar-refractivity contribution is 6.31. The average molecular weight is 396 g/mol. The van der Waals surface area contributed by atoms with E-state index in [1.807, 2.05) is 36.4 Å². The van der Waals surface area contributed by atoms with Crippen LogP contribution < -0.4 is 20.1 Å². The first kappa shape index (κ1) is 18.1. The SMILES string of the molecule is O=C(NCc1ccccc1Cl)c1ccc(Nc2ccc3c(c2)OCCO3)nc1. The molecule has 1 aliphatic rings. The number of ether oxygens (including phenoxy) is 2. The fraction of sp³-hybridized carbons (Fsp3) is 0.143. The molecule has 1 aliphatic heterocycles. The molecule has 0 unspecified atom stereocenters. The van der Waals surface area contributed by atoms with E-state index in [4.69, 9.17) is 21.1 Å². The Hall–Kier alpha value is -3.25. The van der Waals surface area contributed by atoms with Gasteiger partial charge >= 0.3 is 0 Å². The van der Waals surface area contributed by atoms with Crippen LogP contribution in [0.3, 0.4) is 0 Å². The number of amides is 1. The summed E-state index contributed by atoms with van der Waals surface area (Å²) >= 11 is 6.11. The van der Waals surface area contributed by atoms with Crippen LogP contribution >= 0.6 is 11.6 Å². The molecular weight excluding hydrogens is 378 g/mol. The first-order chi connectivity index (χ1) is 13.7. The van der Waals surface area contributed by atoms with Crippen LogP contribution in [0.25, 0.3) is 0 Å². The maximum Gasteiger partial charge on any atom is 0.253 e. The van der Waals surface area contributed by atoms with Gasteiger partial charge in [0.05, 0.1) is 5.56 Å². The predicted molar refractivity (Wildman–Crippen MR) is 108 cm³/mol. The lowest BCUT2D eigenvalue weighted by Crippen LogP contribution is -2.23. The number of nitrogens with zero attached hydrogens (tertiary/aromatic N) is 1. The number of rotatable bonds is 5. The molecule has 0 radical (unpaired) electrons. The molecule has 1 aromatic heterocycles. The lowest BCUT2D eigenvalue weighted by Gasteiger charge is -2.19. The van der Waals surface area contributed by atoms with Gasteiger partial charge in [-0.3, -0.25) is 4.79 Å². The molecule has 0 fully saturated rings. The Morgan fingerprint density at radius 3 is 2.64 bits per heavy atom. The molecule has 0 bridgehead atoms. The quantitative estimate of drug-likeness (QED) is 0.678. The fourth-order valence-corrected chi connectivity index (χ4v) is 2.99. The second-order valence-electron chi connectivity index (χ2n) is 6.19. The highest BCUT2D eigenvalue weighted by Crippen LogP contribution is 2.33. The van der Waals surface area contributed by atoms with Crippen molar-refractivity contribution < 1.29 is 14.3 Å². The number of benzene rings is 2. The summed E-state index contributed by atoms with van der Waals surface area (Å²) in [6, 6.07) is 16.5. The summed E-state index contributed by atoms with van der Waals surface area (Å²) in [6.45, 7) is 1.45. The van der Waals surface area contributed by atoms with Crippen molar-refractivity contribution in [1.82, 2.24) is 10.3 Å². The predicted octanol–water partition coefficient (Wildman–Crippen LogP) is 4.18. The van der Waals surface area contributed by atoms with Gasteiger partial charge in [-0.25, -0.2) is 4.98 Å². The molecule has 4 rings (SSSR count). The van der Waals surface area contributed by atoms with E-state index in [1.165, 1.54) is 6.20 Å². The van der Waals surface area contributed by atoms with Gasteiger partial charge in [0, 0.05) is 29.5 Å². The number of anilines is 2. The molecular formula is C21H18ClN3O3. The van der Waals surface area contributed by atoms with Gasteiger partial charge in [0.25, 0.3) is 5.91 Å². The monoisotopic (exact) mass is 395 g/mol. The summed E-state index contributed by atoms with van der Waals surface area (Å²) in [4.78, 5) is 16.6. The minimum absolute atomic E-state index is 0.210. The van der Waals surface area contributed by atoms with E-state index in [0.717, 1.165) is 17.0 Å². The Morgan fingerprint density at radius 2 is 1.86 bits per heavy atom. The number of aromatic nitrogens is 1. The second-order valence-corrected chi connectivity index (χ2v) is 6.60. The summed E-state index contributed by atoms with van der Waals surface area (Å²) in [5.74, 6) is 1.85. The van der Waals surface area contributed by atoms with Crippen LogP contribution in [0.5, 0.6) is 11.5 Å². The van der Waals surface area contributed by atoms with E-state index in [0.29, 0.717) is 41.9 Å². The molecule has 0 saturated heterocycles. The molecule has 0 aliphatic carbocycles. The third-order valence-corrected chi connectivity index (χ3v) is 4.61. The highest BCUT2D eigenvalue weighted by Gasteiger charge is 2.12. The van der Waals surface area contributed by atoms with Gasteiger partial charge in [-0.2, -0.15) is 0 Å². The van der Waals surface area contributed by atoms with Crippen LogP contribution in [-0.2, 0) is 6.54 Å². The maximum absolute atomic E-state index is 12.3. The van der Waals surface area contributed by atoms with Crippen molar-refractivity contribution in [3.63, 3.8) is 0 Å². The van der Waals surface area contributed by atoms with Crippen LogP contribution in [0.1, 0.15) is 15.9 Å². The zero-order valence-electron chi connectivity index (χ0n) is 14.9. The Kier molecular flexibility index (Phi) is 5.30. The van der Waals surface area contributed by atoms with Gasteiger partial charge in [-0.15, -0.1) is 0 Å². The third-order valence-electron chi connectivity index (χ3n) is 4.24. The van der Waals surface area contributed by atoms with Crippen LogP contribution in [-0.4, -0.2) is 24.1 Å². The molecule has 28 heavy (non-hydrogen) atoms. The van der Waals surface area contributed by atoms with E-state index in [1.54, 1.807) is 18.2 Å². The molecule has 0 spiro atoms. The van der Waals surface area contributed by atoms with Gasteiger partial charge in [0.1, 0.15) is 19.0 Å². The van der Waals surface area contributed by atoms with Crippen molar-refractivity contribution in [1.29, 1.82) is 0 Å². The molecule has 1 amide bonds. The van der Waals surface area contributed by atoms with Gasteiger partial charge < -0.3 is 20.1 Å². The van der Waals surface area contributed by atoms with Gasteiger partial charge in [0.2, 0.25) is 0 Å². The minimum atomic E-state index is -0.210. The van der Waals surface area contributed by atoms with Crippen LogP contribution in [0, 0.1) is 0 Å². The second kappa shape index (κ2) is 8.19. The molecule has 6 nitrogen and oxygen atoms in total. The Balaban J connectivity index is 1.38. The van der Waals surface area contributed by atoms with Gasteiger partial charge in [-0.05, 0) is 35.9 Å². The fourth-order valence-electron chi connectivity index (χ4n) is 2.79. The van der Waals surface area contributed by atoms with Gasteiger partial charge in [0.15, 0.2) is 11.5 Å². The summed E-state index contributed by atoms with van der Waals surface area (Å²) in [7, 11) is 0. The normalized spacial score (nSPS) is 12.3. The molecule has 2 heterocycles. The number of carbonyl (C=O) groups excluding carboxylic acids is 1. The number of hydrogen-bond donors (Lipinski definition) is 2. The maximum atomic E-state index is 12.3. The number of hydrogen-bond acceptors (Lipinski definition) is 5.